The molecule has 0 N–H and O–H groups in total. The maximum absolute atomic E-state index is 11.9. The molecule has 0 saturated carbocycles. The Hall–Kier alpha value is -1.07. The van der Waals surface area contributed by atoms with Gasteiger partial charge in [-0.1, -0.05) is 17.4 Å². The number of carbonyl (C=O) groups excluding carboxylic acids is 1. The van der Waals surface area contributed by atoms with Gasteiger partial charge in [-0.15, -0.1) is 0 Å². The highest BCUT2D eigenvalue weighted by Gasteiger charge is 2.17. The Morgan fingerprint density at radius 2 is 2.18 bits per heavy atom. The van der Waals surface area contributed by atoms with Gasteiger partial charge in [0.15, 0.2) is 5.69 Å². The molecule has 0 amide bonds. The molecule has 0 fully saturated rings. The fourth-order valence-corrected chi connectivity index (χ4v) is 2.23. The third-order valence-corrected chi connectivity index (χ3v) is 3.57. The van der Waals surface area contributed by atoms with Crippen LogP contribution in [0.1, 0.15) is 21.1 Å². The minimum Gasteiger partial charge on any atom is -1.00 e. The first-order valence-corrected chi connectivity index (χ1v) is 5.95. The number of Topliss-reactive ketones (excluding diaryl/α,β-unsaturated/α-hetero) is 1. The Morgan fingerprint density at radius 3 is 2.71 bits per heavy atom. The molecule has 17 heavy (non-hydrogen) atoms. The first-order valence-electron chi connectivity index (χ1n) is 5.07. The molecule has 2 aromatic heterocycles. The van der Waals surface area contributed by atoms with Crippen molar-refractivity contribution in [3.05, 3.63) is 46.2 Å². The first-order chi connectivity index (χ1) is 7.68. The minimum absolute atomic E-state index is 0. The van der Waals surface area contributed by atoms with Crippen molar-refractivity contribution in [1.29, 1.82) is 0 Å². The lowest BCUT2D eigenvalue weighted by Crippen LogP contribution is -3.00. The summed E-state index contributed by atoms with van der Waals surface area (Å²) in [5.41, 5.74) is 3.65. The predicted molar refractivity (Wildman–Crippen MR) is 62.6 cm³/mol. The van der Waals surface area contributed by atoms with E-state index >= 15 is 0 Å². The summed E-state index contributed by atoms with van der Waals surface area (Å²) in [5, 5.41) is 0. The number of hydrogen-bond donors (Lipinski definition) is 0. The number of pyridine rings is 1. The van der Waals surface area contributed by atoms with Crippen LogP contribution in [0.5, 0.6) is 0 Å². The lowest BCUT2D eigenvalue weighted by atomic mass is 10.2. The van der Waals surface area contributed by atoms with Gasteiger partial charge in [0.25, 0.3) is 0 Å². The molecule has 2 rings (SSSR count). The second-order valence-corrected chi connectivity index (χ2v) is 4.69. The Labute approximate surface area is 115 Å². The predicted octanol–water partition coefficient (Wildman–Crippen LogP) is -1.07. The highest BCUT2D eigenvalue weighted by Crippen LogP contribution is 2.08. The van der Waals surface area contributed by atoms with Crippen LogP contribution in [0.15, 0.2) is 29.9 Å². The monoisotopic (exact) mass is 312 g/mol. The van der Waals surface area contributed by atoms with Crippen LogP contribution in [-0.2, 0) is 6.54 Å². The SMILES string of the molecule is Cc1sc[n+](CC(=O)c2ccccn2)c1C.[Br-]. The van der Waals surface area contributed by atoms with Gasteiger partial charge in [0.05, 0.1) is 4.88 Å². The maximum atomic E-state index is 11.9. The van der Waals surface area contributed by atoms with Crippen LogP contribution in [0.4, 0.5) is 0 Å². The molecule has 0 bridgehead atoms. The maximum Gasteiger partial charge on any atom is 0.245 e. The number of nitrogens with zero attached hydrogens (tertiary/aromatic N) is 2. The largest absolute Gasteiger partial charge is 1.00 e. The van der Waals surface area contributed by atoms with Gasteiger partial charge in [-0.2, -0.15) is 4.57 Å². The van der Waals surface area contributed by atoms with E-state index in [1.807, 2.05) is 29.1 Å². The summed E-state index contributed by atoms with van der Waals surface area (Å²) < 4.78 is 1.97. The van der Waals surface area contributed by atoms with Crippen LogP contribution in [0, 0.1) is 13.8 Å². The van der Waals surface area contributed by atoms with Gasteiger partial charge in [-0.05, 0) is 19.1 Å². The summed E-state index contributed by atoms with van der Waals surface area (Å²) in [7, 11) is 0. The summed E-state index contributed by atoms with van der Waals surface area (Å²) in [4.78, 5) is 17.2. The molecule has 0 radical (unpaired) electrons. The number of carbonyl (C=O) groups is 1. The molecule has 0 saturated heterocycles. The highest BCUT2D eigenvalue weighted by molar-refractivity contribution is 7.09. The van der Waals surface area contributed by atoms with Crippen molar-refractivity contribution < 1.29 is 26.3 Å². The van der Waals surface area contributed by atoms with Crippen molar-refractivity contribution >= 4 is 17.1 Å². The number of hydrogen-bond acceptors (Lipinski definition) is 3. The smallest absolute Gasteiger partial charge is 0.245 e. The number of aromatic nitrogens is 2. The molecular weight excluding hydrogens is 300 g/mol. The molecule has 2 heterocycles. The second-order valence-electron chi connectivity index (χ2n) is 3.63. The Morgan fingerprint density at radius 1 is 1.41 bits per heavy atom. The fourth-order valence-electron chi connectivity index (χ4n) is 1.43. The van der Waals surface area contributed by atoms with E-state index in [2.05, 4.69) is 11.9 Å². The number of aryl methyl sites for hydroxylation is 1. The second kappa shape index (κ2) is 6.02. The summed E-state index contributed by atoms with van der Waals surface area (Å²) in [6.45, 7) is 4.45. The first kappa shape index (κ1) is 14.0. The van der Waals surface area contributed by atoms with Crippen LogP contribution in [0.2, 0.25) is 0 Å². The highest BCUT2D eigenvalue weighted by atomic mass is 79.9. The standard InChI is InChI=1S/C12H13N2OS.BrH/c1-9-10(2)16-8-14(9)7-12(15)11-5-3-4-6-13-11;/h3-6,8H,7H2,1-2H3;1H/q+1;/p-1. The van der Waals surface area contributed by atoms with Crippen molar-refractivity contribution in [3.63, 3.8) is 0 Å². The van der Waals surface area contributed by atoms with Crippen LogP contribution in [0.25, 0.3) is 0 Å². The summed E-state index contributed by atoms with van der Waals surface area (Å²) in [6, 6.07) is 5.39. The van der Waals surface area contributed by atoms with E-state index in [4.69, 9.17) is 0 Å². The van der Waals surface area contributed by atoms with E-state index in [0.29, 0.717) is 12.2 Å². The molecule has 2 aromatic rings. The zero-order valence-corrected chi connectivity index (χ0v) is 12.1. The van der Waals surface area contributed by atoms with Crippen molar-refractivity contribution in [2.75, 3.05) is 0 Å². The molecule has 3 nitrogen and oxygen atoms in total. The van der Waals surface area contributed by atoms with Crippen LogP contribution >= 0.6 is 11.3 Å². The Kier molecular flexibility index (Phi) is 4.96. The number of halogens is 1. The van der Waals surface area contributed by atoms with Gasteiger partial charge in [0.1, 0.15) is 5.69 Å². The molecule has 0 aromatic carbocycles. The summed E-state index contributed by atoms with van der Waals surface area (Å²) in [6.07, 6.45) is 1.64. The van der Waals surface area contributed by atoms with E-state index < -0.39 is 0 Å². The van der Waals surface area contributed by atoms with Gasteiger partial charge in [-0.3, -0.25) is 9.78 Å². The molecule has 0 aliphatic heterocycles. The van der Waals surface area contributed by atoms with E-state index in [0.717, 1.165) is 5.69 Å². The third-order valence-electron chi connectivity index (χ3n) is 2.56. The van der Waals surface area contributed by atoms with Crippen molar-refractivity contribution in [1.82, 2.24) is 4.98 Å². The van der Waals surface area contributed by atoms with Gasteiger partial charge < -0.3 is 17.0 Å². The zero-order valence-electron chi connectivity index (χ0n) is 9.68. The van der Waals surface area contributed by atoms with Gasteiger partial charge in [0, 0.05) is 13.1 Å². The van der Waals surface area contributed by atoms with E-state index in [9.17, 15) is 4.79 Å². The molecule has 0 spiro atoms. The summed E-state index contributed by atoms with van der Waals surface area (Å²) >= 11 is 1.66. The summed E-state index contributed by atoms with van der Waals surface area (Å²) in [5.74, 6) is 0.0477. The zero-order chi connectivity index (χ0) is 11.5. The quantitative estimate of drug-likeness (QED) is 0.534. The number of thiazole rings is 1. The van der Waals surface area contributed by atoms with Crippen molar-refractivity contribution in [2.45, 2.75) is 20.4 Å². The lowest BCUT2D eigenvalue weighted by Gasteiger charge is -1.96. The van der Waals surface area contributed by atoms with Crippen molar-refractivity contribution in [2.24, 2.45) is 0 Å². The van der Waals surface area contributed by atoms with Crippen LogP contribution in [0.3, 0.4) is 0 Å². The average molecular weight is 313 g/mol. The van der Waals surface area contributed by atoms with Gasteiger partial charge >= 0.3 is 0 Å². The normalized spacial score (nSPS) is 9.76. The van der Waals surface area contributed by atoms with Gasteiger partial charge in [0.2, 0.25) is 17.8 Å². The molecular formula is C12H13BrN2OS. The molecule has 0 atom stereocenters. The fraction of sp³-hybridized carbons (Fsp3) is 0.250. The lowest BCUT2D eigenvalue weighted by molar-refractivity contribution is -0.684. The minimum atomic E-state index is 0. The third kappa shape index (κ3) is 3.20. The number of rotatable bonds is 3. The molecule has 90 valence electrons. The topological polar surface area (TPSA) is 33.8 Å². The Balaban J connectivity index is 0.00000144. The van der Waals surface area contributed by atoms with Crippen molar-refractivity contribution in [3.8, 4) is 0 Å². The number of ketones is 1. The average Bonchev–Trinajstić information content (AvgIpc) is 2.62. The Bertz CT molecular complexity index is 510. The van der Waals surface area contributed by atoms with Gasteiger partial charge in [-0.25, -0.2) is 0 Å². The molecule has 0 aliphatic carbocycles. The van der Waals surface area contributed by atoms with Crippen LogP contribution in [-0.4, -0.2) is 10.8 Å². The van der Waals surface area contributed by atoms with E-state index in [1.165, 1.54) is 4.88 Å². The molecule has 0 aliphatic rings. The molecule has 5 heteroatoms. The van der Waals surface area contributed by atoms with E-state index in [-0.39, 0.29) is 22.8 Å². The van der Waals surface area contributed by atoms with Crippen LogP contribution < -0.4 is 21.5 Å². The van der Waals surface area contributed by atoms with E-state index in [1.54, 1.807) is 23.6 Å². The molecule has 0 unspecified atom stereocenters.